The number of carbonyl (C=O) groups is 3. The number of benzene rings is 1. The largest absolute Gasteiger partial charge is 0.484 e. The Morgan fingerprint density at radius 1 is 1.21 bits per heavy atom. The third-order valence-electron chi connectivity index (χ3n) is 5.63. The Labute approximate surface area is 172 Å². The summed E-state index contributed by atoms with van der Waals surface area (Å²) in [6, 6.07) is 3.90. The number of carboxylic acid groups (broad SMARTS) is 1. The molecule has 158 valence electrons. The molecule has 29 heavy (non-hydrogen) atoms. The van der Waals surface area contributed by atoms with E-state index in [2.05, 4.69) is 16.0 Å². The number of carbonyl (C=O) groups excluding carboxylic acids is 2. The van der Waals surface area contributed by atoms with E-state index in [9.17, 15) is 18.8 Å². The van der Waals surface area contributed by atoms with Crippen LogP contribution in [-0.4, -0.2) is 53.7 Å². The maximum absolute atomic E-state index is 13.4. The average molecular weight is 428 g/mol. The number of Topliss-reactive ketones (excluding diaryl/α,β-unsaturated/α-hetero) is 1. The summed E-state index contributed by atoms with van der Waals surface area (Å²) >= 11 is 5.61. The summed E-state index contributed by atoms with van der Waals surface area (Å²) in [4.78, 5) is 35.6. The van der Waals surface area contributed by atoms with Crippen LogP contribution < -0.4 is 20.7 Å². The first-order chi connectivity index (χ1) is 13.7. The van der Waals surface area contributed by atoms with Gasteiger partial charge in [0.05, 0.1) is 10.6 Å². The number of rotatable bonds is 8. The zero-order chi connectivity index (χ0) is 21.1. The van der Waals surface area contributed by atoms with Gasteiger partial charge in [-0.15, -0.1) is 0 Å². The molecule has 0 aliphatic heterocycles. The van der Waals surface area contributed by atoms with Crippen LogP contribution >= 0.6 is 11.6 Å². The number of ketones is 1. The normalized spacial score (nSPS) is 25.5. The summed E-state index contributed by atoms with van der Waals surface area (Å²) in [5, 5.41) is 17.0. The number of halogens is 2. The lowest BCUT2D eigenvalue weighted by Gasteiger charge is -2.52. The third-order valence-corrected chi connectivity index (χ3v) is 5.94. The van der Waals surface area contributed by atoms with Crippen molar-refractivity contribution in [3.63, 3.8) is 0 Å². The maximum atomic E-state index is 13.4. The van der Waals surface area contributed by atoms with E-state index in [0.29, 0.717) is 32.2 Å². The van der Waals surface area contributed by atoms with Gasteiger partial charge in [-0.25, -0.2) is 9.18 Å². The van der Waals surface area contributed by atoms with Crippen LogP contribution in [0.5, 0.6) is 5.75 Å². The lowest BCUT2D eigenvalue weighted by atomic mass is 9.60. The molecule has 0 spiro atoms. The fourth-order valence-electron chi connectivity index (χ4n) is 4.04. The van der Waals surface area contributed by atoms with Crippen LogP contribution in [0.25, 0.3) is 0 Å². The van der Waals surface area contributed by atoms with Crippen molar-refractivity contribution in [1.82, 2.24) is 16.0 Å². The summed E-state index contributed by atoms with van der Waals surface area (Å²) < 4.78 is 18.7. The Balaban J connectivity index is 1.50. The molecule has 3 aliphatic carbocycles. The van der Waals surface area contributed by atoms with Gasteiger partial charge in [0.1, 0.15) is 11.6 Å². The van der Waals surface area contributed by atoms with Crippen LogP contribution in [0.1, 0.15) is 32.1 Å². The molecule has 10 heteroatoms. The topological polar surface area (TPSA) is 117 Å². The Hall–Kier alpha value is -2.39. The molecule has 2 bridgehead atoms. The van der Waals surface area contributed by atoms with Gasteiger partial charge in [0.2, 0.25) is 0 Å². The van der Waals surface area contributed by atoms with Crippen LogP contribution in [0.2, 0.25) is 5.02 Å². The minimum absolute atomic E-state index is 0.0356. The Bertz CT molecular complexity index is 811. The van der Waals surface area contributed by atoms with Crippen molar-refractivity contribution in [1.29, 1.82) is 0 Å². The fourth-order valence-corrected chi connectivity index (χ4v) is 4.15. The molecule has 0 radical (unpaired) electrons. The molecular weight excluding hydrogens is 405 g/mol. The van der Waals surface area contributed by atoms with E-state index in [-0.39, 0.29) is 41.7 Å². The molecule has 8 nitrogen and oxygen atoms in total. The van der Waals surface area contributed by atoms with Gasteiger partial charge >= 0.3 is 6.09 Å². The Kier molecular flexibility index (Phi) is 6.28. The van der Waals surface area contributed by atoms with Gasteiger partial charge in [-0.05, 0) is 37.8 Å². The number of ether oxygens (including phenoxy) is 1. The van der Waals surface area contributed by atoms with Crippen LogP contribution in [0.3, 0.4) is 0 Å². The smallest absolute Gasteiger partial charge is 0.404 e. The fraction of sp³-hybridized carbons (Fsp3) is 0.526. The van der Waals surface area contributed by atoms with E-state index in [1.165, 1.54) is 12.1 Å². The standard InChI is InChI=1S/C19H23ClFN3O5/c20-13-2-1-12(9-14(13)21)29-11-16(26)24-19-5-3-18(4-6-19,10-15(19)25)23-8-7-22-17(27)28/h1-2,9,22-23H,3-8,10-11H2,(H,24,26)(H,27,28). The van der Waals surface area contributed by atoms with Crippen molar-refractivity contribution in [3.8, 4) is 5.75 Å². The van der Waals surface area contributed by atoms with Gasteiger partial charge in [-0.3, -0.25) is 9.59 Å². The van der Waals surface area contributed by atoms with Crippen molar-refractivity contribution >= 4 is 29.4 Å². The SMILES string of the molecule is O=C(O)NCCNC12CCC(NC(=O)COc3ccc(Cl)c(F)c3)(CC1)C(=O)C2. The van der Waals surface area contributed by atoms with E-state index in [1.807, 2.05) is 0 Å². The molecule has 1 aromatic rings. The second kappa shape index (κ2) is 8.54. The van der Waals surface area contributed by atoms with Gasteiger partial charge in [-0.1, -0.05) is 11.6 Å². The lowest BCUT2D eigenvalue weighted by Crippen LogP contribution is -2.68. The number of fused-ring (bicyclic) bond motifs is 3. The Morgan fingerprint density at radius 3 is 2.55 bits per heavy atom. The number of nitrogens with one attached hydrogen (secondary N) is 3. The summed E-state index contributed by atoms with van der Waals surface area (Å²) in [6.07, 6.45) is 1.62. The molecule has 0 atom stereocenters. The molecule has 0 aromatic heterocycles. The monoisotopic (exact) mass is 427 g/mol. The summed E-state index contributed by atoms with van der Waals surface area (Å²) in [6.45, 7) is 0.362. The second-order valence-corrected chi connectivity index (χ2v) is 7.94. The molecule has 4 rings (SSSR count). The van der Waals surface area contributed by atoms with Crippen molar-refractivity contribution < 1.29 is 28.6 Å². The predicted octanol–water partition coefficient (Wildman–Crippen LogP) is 1.86. The average Bonchev–Trinajstić information content (AvgIpc) is 2.68. The zero-order valence-corrected chi connectivity index (χ0v) is 16.5. The molecule has 2 amide bonds. The molecule has 3 fully saturated rings. The van der Waals surface area contributed by atoms with E-state index < -0.39 is 23.4 Å². The number of hydrogen-bond donors (Lipinski definition) is 4. The molecular formula is C19H23ClFN3O5. The number of hydrogen-bond acceptors (Lipinski definition) is 5. The first-order valence-corrected chi connectivity index (χ1v) is 9.75. The molecule has 0 unspecified atom stereocenters. The first kappa shape index (κ1) is 21.3. The Morgan fingerprint density at radius 2 is 1.93 bits per heavy atom. The third kappa shape index (κ3) is 4.97. The van der Waals surface area contributed by atoms with Crippen molar-refractivity contribution in [3.05, 3.63) is 29.0 Å². The predicted molar refractivity (Wildman–Crippen MR) is 103 cm³/mol. The van der Waals surface area contributed by atoms with Gasteiger partial charge in [0.15, 0.2) is 12.4 Å². The first-order valence-electron chi connectivity index (χ1n) is 9.38. The molecule has 1 aromatic carbocycles. The van der Waals surface area contributed by atoms with Crippen LogP contribution in [0.4, 0.5) is 9.18 Å². The lowest BCUT2D eigenvalue weighted by molar-refractivity contribution is -0.141. The number of amides is 2. The zero-order valence-electron chi connectivity index (χ0n) is 15.7. The highest BCUT2D eigenvalue weighted by molar-refractivity contribution is 6.30. The van der Waals surface area contributed by atoms with E-state index in [0.717, 1.165) is 6.07 Å². The summed E-state index contributed by atoms with van der Waals surface area (Å²) in [5.41, 5.74) is -1.24. The highest BCUT2D eigenvalue weighted by atomic mass is 35.5. The van der Waals surface area contributed by atoms with Crippen molar-refractivity contribution in [2.75, 3.05) is 19.7 Å². The quantitative estimate of drug-likeness (QED) is 0.470. The van der Waals surface area contributed by atoms with Crippen molar-refractivity contribution in [2.45, 2.75) is 43.2 Å². The second-order valence-electron chi connectivity index (χ2n) is 7.53. The highest BCUT2D eigenvalue weighted by Gasteiger charge is 2.54. The van der Waals surface area contributed by atoms with E-state index in [1.54, 1.807) is 0 Å². The van der Waals surface area contributed by atoms with Crippen LogP contribution in [-0.2, 0) is 9.59 Å². The molecule has 4 N–H and O–H groups in total. The van der Waals surface area contributed by atoms with Gasteiger partial charge in [0, 0.05) is 31.1 Å². The highest BCUT2D eigenvalue weighted by Crippen LogP contribution is 2.44. The molecule has 0 saturated heterocycles. The molecule has 0 heterocycles. The minimum atomic E-state index is -1.09. The van der Waals surface area contributed by atoms with E-state index in [4.69, 9.17) is 21.4 Å². The van der Waals surface area contributed by atoms with Crippen LogP contribution in [0, 0.1) is 5.82 Å². The molecule has 3 saturated carbocycles. The molecule has 3 aliphatic rings. The van der Waals surface area contributed by atoms with E-state index >= 15 is 0 Å². The van der Waals surface area contributed by atoms with Gasteiger partial charge in [-0.2, -0.15) is 0 Å². The van der Waals surface area contributed by atoms with Gasteiger partial charge < -0.3 is 25.8 Å². The minimum Gasteiger partial charge on any atom is -0.484 e. The van der Waals surface area contributed by atoms with Gasteiger partial charge in [0.25, 0.3) is 5.91 Å². The maximum Gasteiger partial charge on any atom is 0.404 e. The van der Waals surface area contributed by atoms with Crippen LogP contribution in [0.15, 0.2) is 18.2 Å². The summed E-state index contributed by atoms with van der Waals surface area (Å²) in [5.74, 6) is -0.946. The summed E-state index contributed by atoms with van der Waals surface area (Å²) in [7, 11) is 0. The van der Waals surface area contributed by atoms with Crippen molar-refractivity contribution in [2.24, 2.45) is 0 Å².